The zero-order valence-electron chi connectivity index (χ0n) is 6.26. The summed E-state index contributed by atoms with van der Waals surface area (Å²) in [6.07, 6.45) is 2.47. The molecule has 0 saturated carbocycles. The molecule has 0 aliphatic rings. The minimum absolute atomic E-state index is 0.667. The van der Waals surface area contributed by atoms with Crippen LogP contribution in [-0.4, -0.2) is 18.7 Å². The topological polar surface area (TPSA) is 35.3 Å². The lowest BCUT2D eigenvalue weighted by molar-refractivity contribution is 0.195. The zero-order valence-corrected chi connectivity index (χ0v) is 6.26. The summed E-state index contributed by atoms with van der Waals surface area (Å²) >= 11 is 0. The average molecular weight is 141 g/mol. The summed E-state index contributed by atoms with van der Waals surface area (Å²) in [4.78, 5) is 4.01. The van der Waals surface area contributed by atoms with Gasteiger partial charge in [0.15, 0.2) is 5.89 Å². The summed E-state index contributed by atoms with van der Waals surface area (Å²) in [5.41, 5.74) is 0. The molecule has 3 heteroatoms. The van der Waals surface area contributed by atoms with E-state index in [-0.39, 0.29) is 0 Å². The van der Waals surface area contributed by atoms with Crippen LogP contribution in [0.1, 0.15) is 11.7 Å². The van der Waals surface area contributed by atoms with Crippen LogP contribution in [0.4, 0.5) is 0 Å². The van der Waals surface area contributed by atoms with Crippen molar-refractivity contribution in [3.8, 4) is 0 Å². The van der Waals surface area contributed by atoms with Gasteiger partial charge >= 0.3 is 0 Å². The molecule has 1 aromatic rings. The maximum absolute atomic E-state index is 5.19. The second kappa shape index (κ2) is 3.37. The Balaban J connectivity index is 2.42. The molecular formula is C7H11NO2. The molecule has 0 aromatic carbocycles. The van der Waals surface area contributed by atoms with Crippen LogP contribution in [0.5, 0.6) is 0 Å². The molecule has 0 atom stereocenters. The molecule has 0 N–H and O–H groups in total. The van der Waals surface area contributed by atoms with Crippen molar-refractivity contribution in [2.75, 3.05) is 13.7 Å². The van der Waals surface area contributed by atoms with E-state index in [4.69, 9.17) is 9.15 Å². The van der Waals surface area contributed by atoms with Gasteiger partial charge in [0.2, 0.25) is 0 Å². The fraction of sp³-hybridized carbons (Fsp3) is 0.571. The maximum Gasteiger partial charge on any atom is 0.196 e. The summed E-state index contributed by atoms with van der Waals surface area (Å²) in [5, 5.41) is 0. The van der Waals surface area contributed by atoms with E-state index in [0.29, 0.717) is 6.61 Å². The van der Waals surface area contributed by atoms with Gasteiger partial charge < -0.3 is 9.15 Å². The molecule has 0 fully saturated rings. The Morgan fingerprint density at radius 3 is 3.00 bits per heavy atom. The van der Waals surface area contributed by atoms with E-state index in [9.17, 15) is 0 Å². The van der Waals surface area contributed by atoms with Gasteiger partial charge in [0.1, 0.15) is 5.76 Å². The van der Waals surface area contributed by atoms with E-state index in [1.165, 1.54) is 0 Å². The van der Waals surface area contributed by atoms with Crippen LogP contribution in [0.2, 0.25) is 0 Å². The highest BCUT2D eigenvalue weighted by Crippen LogP contribution is 2.01. The molecular weight excluding hydrogens is 130 g/mol. The number of ether oxygens (including phenoxy) is 1. The predicted molar refractivity (Wildman–Crippen MR) is 36.8 cm³/mol. The Bertz CT molecular complexity index is 195. The van der Waals surface area contributed by atoms with Crippen molar-refractivity contribution in [1.29, 1.82) is 0 Å². The van der Waals surface area contributed by atoms with Crippen LogP contribution in [0, 0.1) is 6.92 Å². The van der Waals surface area contributed by atoms with Crippen molar-refractivity contribution < 1.29 is 9.15 Å². The van der Waals surface area contributed by atoms with Gasteiger partial charge in [0.05, 0.1) is 12.8 Å². The smallest absolute Gasteiger partial charge is 0.196 e. The van der Waals surface area contributed by atoms with Crippen LogP contribution in [0.15, 0.2) is 10.6 Å². The lowest BCUT2D eigenvalue weighted by atomic mass is 10.5. The van der Waals surface area contributed by atoms with Gasteiger partial charge in [-0.25, -0.2) is 4.98 Å². The van der Waals surface area contributed by atoms with Crippen molar-refractivity contribution in [3.63, 3.8) is 0 Å². The highest BCUT2D eigenvalue weighted by molar-refractivity contribution is 4.90. The quantitative estimate of drug-likeness (QED) is 0.633. The molecule has 0 saturated heterocycles. The first-order chi connectivity index (χ1) is 4.83. The number of methoxy groups -OCH3 is 1. The molecule has 56 valence electrons. The van der Waals surface area contributed by atoms with Gasteiger partial charge in [0, 0.05) is 13.5 Å². The Hall–Kier alpha value is -0.830. The molecule has 0 amide bonds. The molecule has 0 spiro atoms. The molecule has 1 heterocycles. The van der Waals surface area contributed by atoms with Crippen LogP contribution in [0.3, 0.4) is 0 Å². The van der Waals surface area contributed by atoms with Gasteiger partial charge in [-0.3, -0.25) is 0 Å². The standard InChI is InChI=1S/C7H11NO2/c1-6-5-8-7(10-6)3-4-9-2/h5H,3-4H2,1-2H3. The molecule has 0 aliphatic carbocycles. The monoisotopic (exact) mass is 141 g/mol. The van der Waals surface area contributed by atoms with E-state index in [2.05, 4.69) is 4.98 Å². The Morgan fingerprint density at radius 2 is 2.50 bits per heavy atom. The fourth-order valence-corrected chi connectivity index (χ4v) is 0.706. The number of rotatable bonds is 3. The van der Waals surface area contributed by atoms with Crippen molar-refractivity contribution >= 4 is 0 Å². The number of nitrogens with zero attached hydrogens (tertiary/aromatic N) is 1. The highest BCUT2D eigenvalue weighted by Gasteiger charge is 1.97. The van der Waals surface area contributed by atoms with Crippen molar-refractivity contribution in [3.05, 3.63) is 17.8 Å². The summed E-state index contributed by atoms with van der Waals surface area (Å²) < 4.78 is 10.0. The Kier molecular flexibility index (Phi) is 2.45. The summed E-state index contributed by atoms with van der Waals surface area (Å²) in [6.45, 7) is 2.54. The first-order valence-corrected chi connectivity index (χ1v) is 3.23. The van der Waals surface area contributed by atoms with Crippen LogP contribution in [-0.2, 0) is 11.2 Å². The van der Waals surface area contributed by atoms with Crippen molar-refractivity contribution in [2.45, 2.75) is 13.3 Å². The molecule has 0 bridgehead atoms. The number of oxazole rings is 1. The van der Waals surface area contributed by atoms with E-state index in [0.717, 1.165) is 18.1 Å². The molecule has 10 heavy (non-hydrogen) atoms. The van der Waals surface area contributed by atoms with Crippen LogP contribution in [0.25, 0.3) is 0 Å². The third kappa shape index (κ3) is 1.84. The largest absolute Gasteiger partial charge is 0.446 e. The second-order valence-corrected chi connectivity index (χ2v) is 2.11. The first kappa shape index (κ1) is 7.28. The number of hydrogen-bond acceptors (Lipinski definition) is 3. The first-order valence-electron chi connectivity index (χ1n) is 3.23. The molecule has 3 nitrogen and oxygen atoms in total. The molecule has 1 aromatic heterocycles. The highest BCUT2D eigenvalue weighted by atomic mass is 16.5. The molecule has 1 rings (SSSR count). The summed E-state index contributed by atoms with van der Waals surface area (Å²) in [7, 11) is 1.66. The normalized spacial score (nSPS) is 10.2. The minimum Gasteiger partial charge on any atom is -0.446 e. The fourth-order valence-electron chi connectivity index (χ4n) is 0.706. The molecule has 0 unspecified atom stereocenters. The average Bonchev–Trinajstić information content (AvgIpc) is 2.31. The van der Waals surface area contributed by atoms with Crippen LogP contribution >= 0.6 is 0 Å². The van der Waals surface area contributed by atoms with Gasteiger partial charge in [0.25, 0.3) is 0 Å². The molecule has 0 radical (unpaired) electrons. The Morgan fingerprint density at radius 1 is 1.70 bits per heavy atom. The second-order valence-electron chi connectivity index (χ2n) is 2.11. The summed E-state index contributed by atoms with van der Waals surface area (Å²) in [6, 6.07) is 0. The maximum atomic E-state index is 5.19. The number of aromatic nitrogens is 1. The van der Waals surface area contributed by atoms with Gasteiger partial charge in [-0.1, -0.05) is 0 Å². The third-order valence-electron chi connectivity index (χ3n) is 1.19. The van der Waals surface area contributed by atoms with E-state index in [1.807, 2.05) is 6.92 Å². The Labute approximate surface area is 60.0 Å². The van der Waals surface area contributed by atoms with E-state index >= 15 is 0 Å². The van der Waals surface area contributed by atoms with Gasteiger partial charge in [-0.2, -0.15) is 0 Å². The SMILES string of the molecule is COCCc1ncc(C)o1. The third-order valence-corrected chi connectivity index (χ3v) is 1.19. The van der Waals surface area contributed by atoms with Gasteiger partial charge in [-0.15, -0.1) is 0 Å². The minimum atomic E-state index is 0.667. The van der Waals surface area contributed by atoms with E-state index in [1.54, 1.807) is 13.3 Å². The van der Waals surface area contributed by atoms with Crippen molar-refractivity contribution in [1.82, 2.24) is 4.98 Å². The van der Waals surface area contributed by atoms with Crippen LogP contribution < -0.4 is 0 Å². The number of hydrogen-bond donors (Lipinski definition) is 0. The summed E-state index contributed by atoms with van der Waals surface area (Å²) in [5.74, 6) is 1.60. The predicted octanol–water partition coefficient (Wildman–Crippen LogP) is 1.17. The van der Waals surface area contributed by atoms with Crippen molar-refractivity contribution in [2.24, 2.45) is 0 Å². The zero-order chi connectivity index (χ0) is 7.40. The lowest BCUT2D eigenvalue weighted by Gasteiger charge is -1.91. The lowest BCUT2D eigenvalue weighted by Crippen LogP contribution is -1.93. The van der Waals surface area contributed by atoms with Gasteiger partial charge in [-0.05, 0) is 6.92 Å². The molecule has 0 aliphatic heterocycles. The van der Waals surface area contributed by atoms with E-state index < -0.39 is 0 Å². The number of aryl methyl sites for hydroxylation is 1.